The van der Waals surface area contributed by atoms with Gasteiger partial charge in [-0.3, -0.25) is 0 Å². The molecule has 2 aromatic carbocycles. The number of rotatable bonds is 8. The lowest BCUT2D eigenvalue weighted by Crippen LogP contribution is -2.29. The van der Waals surface area contributed by atoms with Crippen LogP contribution in [0, 0.1) is 11.8 Å². The standard InChI is InChI=1S/C29H37NO4/c1-31-26-16-20(17-27(32-2)29(26)33-3)28-23-11-7-10-22(23)24-18-21(12-13-25(24)30-28)34-15-14-19-8-5-4-6-9-19/h7,10,12-13,16-19,22-23,28,30H,4-6,8-9,11,14-15H2,1-3H3. The number of allylic oxidation sites excluding steroid dienone is 2. The Morgan fingerprint density at radius 1 is 0.912 bits per heavy atom. The molecule has 5 heteroatoms. The van der Waals surface area contributed by atoms with Crippen molar-refractivity contribution in [2.24, 2.45) is 11.8 Å². The number of fused-ring (bicyclic) bond motifs is 3. The van der Waals surface area contributed by atoms with Crippen molar-refractivity contribution < 1.29 is 18.9 Å². The van der Waals surface area contributed by atoms with Gasteiger partial charge in [0.2, 0.25) is 5.75 Å². The lowest BCUT2D eigenvalue weighted by Gasteiger charge is -2.38. The van der Waals surface area contributed by atoms with Gasteiger partial charge in [-0.15, -0.1) is 0 Å². The summed E-state index contributed by atoms with van der Waals surface area (Å²) < 4.78 is 23.0. The largest absolute Gasteiger partial charge is 0.494 e. The Morgan fingerprint density at radius 3 is 2.38 bits per heavy atom. The number of nitrogens with one attached hydrogen (secondary N) is 1. The minimum atomic E-state index is 0.152. The molecule has 0 saturated heterocycles. The molecule has 1 heterocycles. The monoisotopic (exact) mass is 463 g/mol. The molecule has 3 unspecified atom stereocenters. The highest BCUT2D eigenvalue weighted by Gasteiger charge is 2.38. The normalized spacial score (nSPS) is 23.6. The fourth-order valence-corrected chi connectivity index (χ4v) is 6.09. The van der Waals surface area contributed by atoms with Crippen molar-refractivity contribution in [3.63, 3.8) is 0 Å². The Kier molecular flexibility index (Phi) is 6.89. The maximum Gasteiger partial charge on any atom is 0.203 e. The fourth-order valence-electron chi connectivity index (χ4n) is 6.09. The molecule has 182 valence electrons. The maximum atomic E-state index is 6.22. The molecule has 5 rings (SSSR count). The summed E-state index contributed by atoms with van der Waals surface area (Å²) in [4.78, 5) is 0. The minimum Gasteiger partial charge on any atom is -0.494 e. The van der Waals surface area contributed by atoms with Gasteiger partial charge in [0.25, 0.3) is 0 Å². The van der Waals surface area contributed by atoms with E-state index in [2.05, 4.69) is 47.8 Å². The van der Waals surface area contributed by atoms with E-state index in [1.807, 2.05) is 0 Å². The Morgan fingerprint density at radius 2 is 1.68 bits per heavy atom. The van der Waals surface area contributed by atoms with E-state index >= 15 is 0 Å². The first-order valence-corrected chi connectivity index (χ1v) is 12.7. The van der Waals surface area contributed by atoms with Crippen LogP contribution in [0.25, 0.3) is 0 Å². The molecule has 1 aliphatic heterocycles. The van der Waals surface area contributed by atoms with E-state index in [9.17, 15) is 0 Å². The number of ether oxygens (including phenoxy) is 4. The quantitative estimate of drug-likeness (QED) is 0.432. The summed E-state index contributed by atoms with van der Waals surface area (Å²) in [5.74, 6) is 4.62. The van der Waals surface area contributed by atoms with Gasteiger partial charge in [-0.05, 0) is 66.1 Å². The van der Waals surface area contributed by atoms with Crippen molar-refractivity contribution >= 4 is 5.69 Å². The van der Waals surface area contributed by atoms with Crippen molar-refractivity contribution in [1.29, 1.82) is 0 Å². The zero-order chi connectivity index (χ0) is 23.5. The molecule has 0 radical (unpaired) electrons. The van der Waals surface area contributed by atoms with E-state index in [4.69, 9.17) is 18.9 Å². The van der Waals surface area contributed by atoms with Gasteiger partial charge in [0.1, 0.15) is 5.75 Å². The first-order chi connectivity index (χ1) is 16.7. The summed E-state index contributed by atoms with van der Waals surface area (Å²) >= 11 is 0. The summed E-state index contributed by atoms with van der Waals surface area (Å²) in [6, 6.07) is 10.8. The number of hydrogen-bond acceptors (Lipinski definition) is 5. The lowest BCUT2D eigenvalue weighted by molar-refractivity contribution is 0.246. The smallest absolute Gasteiger partial charge is 0.203 e. The number of anilines is 1. The Balaban J connectivity index is 1.36. The first kappa shape index (κ1) is 22.9. The zero-order valence-corrected chi connectivity index (χ0v) is 20.6. The Labute approximate surface area is 203 Å². The number of methoxy groups -OCH3 is 3. The fraction of sp³-hybridized carbons (Fsp3) is 0.517. The average molecular weight is 464 g/mol. The molecule has 2 aromatic rings. The molecule has 5 nitrogen and oxygen atoms in total. The van der Waals surface area contributed by atoms with Gasteiger partial charge >= 0.3 is 0 Å². The molecule has 1 saturated carbocycles. The van der Waals surface area contributed by atoms with Crippen molar-refractivity contribution in [1.82, 2.24) is 0 Å². The van der Waals surface area contributed by atoms with Crippen LogP contribution in [-0.2, 0) is 0 Å². The molecule has 1 N–H and O–H groups in total. The Hall–Kier alpha value is -2.82. The molecule has 0 spiro atoms. The van der Waals surface area contributed by atoms with Crippen LogP contribution in [0.3, 0.4) is 0 Å². The first-order valence-electron chi connectivity index (χ1n) is 12.7. The molecule has 0 bridgehead atoms. The number of hydrogen-bond donors (Lipinski definition) is 1. The summed E-state index contributed by atoms with van der Waals surface area (Å²) in [6.07, 6.45) is 13.8. The van der Waals surface area contributed by atoms with Crippen molar-refractivity contribution in [3.05, 3.63) is 53.6 Å². The second-order valence-electron chi connectivity index (χ2n) is 9.82. The van der Waals surface area contributed by atoms with Crippen molar-refractivity contribution in [2.45, 2.75) is 56.9 Å². The molecule has 1 fully saturated rings. The van der Waals surface area contributed by atoms with Gasteiger partial charge in [-0.1, -0.05) is 44.3 Å². The molecule has 3 aliphatic rings. The number of benzene rings is 2. The van der Waals surface area contributed by atoms with E-state index < -0.39 is 0 Å². The maximum absolute atomic E-state index is 6.22. The molecule has 0 aromatic heterocycles. The third-order valence-electron chi connectivity index (χ3n) is 7.90. The summed E-state index contributed by atoms with van der Waals surface area (Å²) in [6.45, 7) is 0.814. The summed E-state index contributed by atoms with van der Waals surface area (Å²) in [5, 5.41) is 3.81. The van der Waals surface area contributed by atoms with Gasteiger partial charge in [0.05, 0.1) is 34.0 Å². The van der Waals surface area contributed by atoms with Gasteiger partial charge in [0.15, 0.2) is 11.5 Å². The average Bonchev–Trinajstić information content (AvgIpc) is 3.38. The highest BCUT2D eigenvalue weighted by molar-refractivity contribution is 5.63. The molecular weight excluding hydrogens is 426 g/mol. The molecule has 2 aliphatic carbocycles. The second kappa shape index (κ2) is 10.2. The minimum absolute atomic E-state index is 0.152. The lowest BCUT2D eigenvalue weighted by atomic mass is 9.77. The van der Waals surface area contributed by atoms with Crippen molar-refractivity contribution in [2.75, 3.05) is 33.3 Å². The van der Waals surface area contributed by atoms with Crippen LogP contribution < -0.4 is 24.3 Å². The predicted octanol–water partition coefficient (Wildman–Crippen LogP) is 6.89. The summed E-state index contributed by atoms with van der Waals surface area (Å²) in [7, 11) is 4.97. The molecule has 3 atom stereocenters. The highest BCUT2D eigenvalue weighted by atomic mass is 16.5. The zero-order valence-electron chi connectivity index (χ0n) is 20.6. The SMILES string of the molecule is COc1cc(C2Nc3ccc(OCCC4CCCCC4)cc3C3C=CCC32)cc(OC)c1OC. The van der Waals surface area contributed by atoms with Gasteiger partial charge < -0.3 is 24.3 Å². The highest BCUT2D eigenvalue weighted by Crippen LogP contribution is 2.52. The summed E-state index contributed by atoms with van der Waals surface area (Å²) in [5.41, 5.74) is 3.65. The van der Waals surface area contributed by atoms with Crippen LogP contribution in [0.1, 0.15) is 68.0 Å². The topological polar surface area (TPSA) is 49.0 Å². The van der Waals surface area contributed by atoms with Gasteiger partial charge in [-0.25, -0.2) is 0 Å². The van der Waals surface area contributed by atoms with Gasteiger partial charge in [-0.2, -0.15) is 0 Å². The van der Waals surface area contributed by atoms with E-state index in [0.717, 1.165) is 30.3 Å². The van der Waals surface area contributed by atoms with Crippen LogP contribution in [0.5, 0.6) is 23.0 Å². The molecule has 34 heavy (non-hydrogen) atoms. The van der Waals surface area contributed by atoms with Crippen LogP contribution in [-0.4, -0.2) is 27.9 Å². The Bertz CT molecular complexity index is 1000. The third kappa shape index (κ3) is 4.45. The van der Waals surface area contributed by atoms with E-state index in [0.29, 0.717) is 29.1 Å². The molecule has 0 amide bonds. The predicted molar refractivity (Wildman–Crippen MR) is 136 cm³/mol. The second-order valence-corrected chi connectivity index (χ2v) is 9.82. The van der Waals surface area contributed by atoms with Crippen molar-refractivity contribution in [3.8, 4) is 23.0 Å². The van der Waals surface area contributed by atoms with Crippen LogP contribution in [0.2, 0.25) is 0 Å². The van der Waals surface area contributed by atoms with E-state index in [1.165, 1.54) is 49.8 Å². The van der Waals surface area contributed by atoms with E-state index in [-0.39, 0.29) is 6.04 Å². The van der Waals surface area contributed by atoms with Crippen LogP contribution in [0.15, 0.2) is 42.5 Å². The van der Waals surface area contributed by atoms with E-state index in [1.54, 1.807) is 21.3 Å². The van der Waals surface area contributed by atoms with Crippen LogP contribution in [0.4, 0.5) is 5.69 Å². The van der Waals surface area contributed by atoms with Gasteiger partial charge in [0, 0.05) is 11.6 Å². The third-order valence-corrected chi connectivity index (χ3v) is 7.90. The van der Waals surface area contributed by atoms with Crippen LogP contribution >= 0.6 is 0 Å². The molecular formula is C29H37NO4.